The minimum Gasteiger partial charge on any atom is -0.504 e. The number of nitrogens with zero attached hydrogens (tertiary/aromatic N) is 1. The third-order valence-electron chi connectivity index (χ3n) is 2.26. The average Bonchev–Trinajstić information content (AvgIpc) is 2.78. The quantitative estimate of drug-likeness (QED) is 0.841. The summed E-state index contributed by atoms with van der Waals surface area (Å²) in [6.45, 7) is 0. The lowest BCUT2D eigenvalue weighted by molar-refractivity contribution is 0.0697. The number of phenolic OH excluding ortho intramolecular Hbond substituents is 1. The Morgan fingerprint density at radius 1 is 1.47 bits per heavy atom. The van der Waals surface area contributed by atoms with E-state index in [4.69, 9.17) is 14.4 Å². The lowest BCUT2D eigenvalue weighted by atomic mass is 10.1. The van der Waals surface area contributed by atoms with Crippen LogP contribution in [0.2, 0.25) is 0 Å². The summed E-state index contributed by atoms with van der Waals surface area (Å²) in [5.41, 5.74) is 0.104. The van der Waals surface area contributed by atoms with Crippen molar-refractivity contribution in [3.63, 3.8) is 0 Å². The predicted molar refractivity (Wildman–Crippen MR) is 57.1 cm³/mol. The van der Waals surface area contributed by atoms with Gasteiger partial charge >= 0.3 is 5.97 Å². The van der Waals surface area contributed by atoms with Crippen LogP contribution >= 0.6 is 0 Å². The molecule has 0 aliphatic rings. The first-order valence-electron chi connectivity index (χ1n) is 4.69. The van der Waals surface area contributed by atoms with Gasteiger partial charge in [0.2, 0.25) is 0 Å². The fraction of sp³-hybridized carbons (Fsp3) is 0.0909. The second-order valence-corrected chi connectivity index (χ2v) is 3.23. The van der Waals surface area contributed by atoms with E-state index >= 15 is 0 Å². The zero-order valence-electron chi connectivity index (χ0n) is 8.88. The van der Waals surface area contributed by atoms with E-state index in [1.807, 2.05) is 0 Å². The first-order valence-corrected chi connectivity index (χ1v) is 4.69. The standard InChI is InChI=1S/C11H9NO5/c1-16-8-4-2-3-6(9(8)13)10-7(11(14)15)5-12-17-10/h2-5,13H,1H3,(H,14,15). The van der Waals surface area contributed by atoms with Crippen LogP contribution in [-0.4, -0.2) is 28.4 Å². The highest BCUT2D eigenvalue weighted by molar-refractivity contribution is 5.95. The van der Waals surface area contributed by atoms with E-state index in [9.17, 15) is 9.90 Å². The van der Waals surface area contributed by atoms with Crippen LogP contribution in [0.25, 0.3) is 11.3 Å². The molecular weight excluding hydrogens is 226 g/mol. The normalized spacial score (nSPS) is 10.2. The van der Waals surface area contributed by atoms with Crippen LogP contribution < -0.4 is 4.74 Å². The molecule has 0 amide bonds. The smallest absolute Gasteiger partial charge is 0.341 e. The van der Waals surface area contributed by atoms with Gasteiger partial charge in [-0.3, -0.25) is 0 Å². The third kappa shape index (κ3) is 1.80. The molecule has 0 bridgehead atoms. The Kier molecular flexibility index (Phi) is 2.70. The number of carbonyl (C=O) groups is 1. The highest BCUT2D eigenvalue weighted by Crippen LogP contribution is 2.38. The van der Waals surface area contributed by atoms with Gasteiger partial charge in [-0.1, -0.05) is 11.2 Å². The SMILES string of the molecule is COc1cccc(-c2oncc2C(=O)O)c1O. The summed E-state index contributed by atoms with van der Waals surface area (Å²) < 4.78 is 9.77. The third-order valence-corrected chi connectivity index (χ3v) is 2.26. The first kappa shape index (κ1) is 11.0. The van der Waals surface area contributed by atoms with Crippen molar-refractivity contribution in [3.8, 4) is 22.8 Å². The highest BCUT2D eigenvalue weighted by Gasteiger charge is 2.21. The summed E-state index contributed by atoms with van der Waals surface area (Å²) in [7, 11) is 1.40. The summed E-state index contributed by atoms with van der Waals surface area (Å²) in [6.07, 6.45) is 1.08. The van der Waals surface area contributed by atoms with E-state index < -0.39 is 5.97 Å². The van der Waals surface area contributed by atoms with E-state index in [2.05, 4.69) is 5.16 Å². The number of aromatic nitrogens is 1. The molecule has 1 aromatic heterocycles. The zero-order chi connectivity index (χ0) is 12.4. The number of aromatic hydroxyl groups is 1. The average molecular weight is 235 g/mol. The van der Waals surface area contributed by atoms with Gasteiger partial charge in [0.25, 0.3) is 0 Å². The van der Waals surface area contributed by atoms with Gasteiger partial charge in [-0.05, 0) is 12.1 Å². The van der Waals surface area contributed by atoms with Crippen LogP contribution in [-0.2, 0) is 0 Å². The topological polar surface area (TPSA) is 92.8 Å². The summed E-state index contributed by atoms with van der Waals surface area (Å²) in [5, 5.41) is 22.2. The second kappa shape index (κ2) is 4.17. The lowest BCUT2D eigenvalue weighted by Crippen LogP contribution is -1.96. The molecule has 1 heterocycles. The number of hydrogen-bond donors (Lipinski definition) is 2. The molecule has 0 fully saturated rings. The van der Waals surface area contributed by atoms with Crippen molar-refractivity contribution < 1.29 is 24.3 Å². The lowest BCUT2D eigenvalue weighted by Gasteiger charge is -2.06. The van der Waals surface area contributed by atoms with E-state index in [1.165, 1.54) is 13.2 Å². The molecular formula is C11H9NO5. The van der Waals surface area contributed by atoms with Crippen molar-refractivity contribution in [1.82, 2.24) is 5.16 Å². The summed E-state index contributed by atoms with van der Waals surface area (Å²) in [4.78, 5) is 10.9. The maximum atomic E-state index is 10.9. The molecule has 88 valence electrons. The van der Waals surface area contributed by atoms with Crippen molar-refractivity contribution in [1.29, 1.82) is 0 Å². The Balaban J connectivity index is 2.61. The van der Waals surface area contributed by atoms with Crippen LogP contribution in [0.5, 0.6) is 11.5 Å². The van der Waals surface area contributed by atoms with Crippen molar-refractivity contribution in [2.24, 2.45) is 0 Å². The van der Waals surface area contributed by atoms with Crippen molar-refractivity contribution >= 4 is 5.97 Å². The zero-order valence-corrected chi connectivity index (χ0v) is 8.88. The minimum atomic E-state index is -1.18. The Bertz CT molecular complexity index is 561. The van der Waals surface area contributed by atoms with E-state index in [0.29, 0.717) is 0 Å². The number of aromatic carboxylic acids is 1. The number of phenols is 1. The Labute approximate surface area is 96.0 Å². The molecule has 6 heteroatoms. The van der Waals surface area contributed by atoms with Gasteiger partial charge in [0.15, 0.2) is 17.3 Å². The van der Waals surface area contributed by atoms with Crippen molar-refractivity contribution in [2.45, 2.75) is 0 Å². The summed E-state index contributed by atoms with van der Waals surface area (Å²) in [5.74, 6) is -1.14. The van der Waals surface area contributed by atoms with E-state index in [1.54, 1.807) is 12.1 Å². The fourth-order valence-electron chi connectivity index (χ4n) is 1.46. The fourth-order valence-corrected chi connectivity index (χ4v) is 1.46. The van der Waals surface area contributed by atoms with Gasteiger partial charge in [0, 0.05) is 0 Å². The van der Waals surface area contributed by atoms with Gasteiger partial charge in [-0.2, -0.15) is 0 Å². The number of carboxylic acids is 1. The first-order chi connectivity index (χ1) is 8.15. The Morgan fingerprint density at radius 2 is 2.24 bits per heavy atom. The monoisotopic (exact) mass is 235 g/mol. The predicted octanol–water partition coefficient (Wildman–Crippen LogP) is 1.75. The maximum absolute atomic E-state index is 10.9. The molecule has 1 aromatic carbocycles. The largest absolute Gasteiger partial charge is 0.504 e. The van der Waals surface area contributed by atoms with Crippen LogP contribution in [0.1, 0.15) is 10.4 Å². The molecule has 6 nitrogen and oxygen atoms in total. The van der Waals surface area contributed by atoms with Gasteiger partial charge in [0.1, 0.15) is 5.56 Å². The van der Waals surface area contributed by atoms with Gasteiger partial charge in [-0.25, -0.2) is 4.79 Å². The van der Waals surface area contributed by atoms with E-state index in [0.717, 1.165) is 6.20 Å². The molecule has 2 rings (SSSR count). The summed E-state index contributed by atoms with van der Waals surface area (Å²) in [6, 6.07) is 4.68. The van der Waals surface area contributed by atoms with Gasteiger partial charge in [-0.15, -0.1) is 0 Å². The molecule has 17 heavy (non-hydrogen) atoms. The minimum absolute atomic E-state index is 0.00565. The van der Waals surface area contributed by atoms with Crippen molar-refractivity contribution in [3.05, 3.63) is 30.0 Å². The molecule has 0 saturated heterocycles. The Hall–Kier alpha value is -2.50. The number of hydrogen-bond acceptors (Lipinski definition) is 5. The highest BCUT2D eigenvalue weighted by atomic mass is 16.5. The van der Waals surface area contributed by atoms with Crippen LogP contribution in [0.3, 0.4) is 0 Å². The molecule has 0 aliphatic heterocycles. The second-order valence-electron chi connectivity index (χ2n) is 3.23. The molecule has 2 aromatic rings. The molecule has 0 unspecified atom stereocenters. The number of benzene rings is 1. The number of para-hydroxylation sites is 1. The van der Waals surface area contributed by atoms with Crippen molar-refractivity contribution in [2.75, 3.05) is 7.11 Å². The number of ether oxygens (including phenoxy) is 1. The molecule has 0 atom stereocenters. The van der Waals surface area contributed by atoms with Crippen LogP contribution in [0.15, 0.2) is 28.9 Å². The molecule has 0 aliphatic carbocycles. The number of methoxy groups -OCH3 is 1. The Morgan fingerprint density at radius 3 is 2.88 bits per heavy atom. The molecule has 0 saturated carbocycles. The van der Waals surface area contributed by atoms with Crippen LogP contribution in [0.4, 0.5) is 0 Å². The van der Waals surface area contributed by atoms with E-state index in [-0.39, 0.29) is 28.4 Å². The molecule has 0 radical (unpaired) electrons. The molecule has 2 N–H and O–H groups in total. The summed E-state index contributed by atoms with van der Waals surface area (Å²) >= 11 is 0. The molecule has 0 spiro atoms. The number of carboxylic acid groups (broad SMARTS) is 1. The van der Waals surface area contributed by atoms with Gasteiger partial charge in [0.05, 0.1) is 18.9 Å². The van der Waals surface area contributed by atoms with Crippen LogP contribution in [0, 0.1) is 0 Å². The number of rotatable bonds is 3. The maximum Gasteiger partial charge on any atom is 0.341 e. The van der Waals surface area contributed by atoms with Gasteiger partial charge < -0.3 is 19.5 Å².